The van der Waals surface area contributed by atoms with Gasteiger partial charge in [-0.05, 0) is 44.6 Å². The number of rotatable bonds is 4. The average molecular weight is 423 g/mol. The normalized spacial score (nSPS) is 10.3. The van der Waals surface area contributed by atoms with Gasteiger partial charge >= 0.3 is 0 Å². The predicted molar refractivity (Wildman–Crippen MR) is 76.2 cm³/mol. The maximum Gasteiger partial charge on any atom is 0.236 e. The molecule has 1 aromatic heterocycles. The van der Waals surface area contributed by atoms with E-state index >= 15 is 0 Å². The topological polar surface area (TPSA) is 64.3 Å². The number of carbonyl (C=O) groups excluding carboxylic acids is 1. The molecule has 1 N–H and O–H groups in total. The second-order valence-corrected chi connectivity index (χ2v) is 5.29. The molecule has 5 nitrogen and oxygen atoms in total. The fourth-order valence-electron chi connectivity index (χ4n) is 1.41. The number of hydrogen-bond donors (Lipinski definition) is 1. The minimum Gasteiger partial charge on any atom is -0.472 e. The van der Waals surface area contributed by atoms with E-state index < -0.39 is 0 Å². The van der Waals surface area contributed by atoms with Crippen molar-refractivity contribution < 1.29 is 14.7 Å². The Labute approximate surface area is 125 Å². The fraction of sp³-hybridized carbons (Fsp3) is 0.0909. The van der Waals surface area contributed by atoms with Gasteiger partial charge in [0.15, 0.2) is 0 Å². The van der Waals surface area contributed by atoms with Crippen LogP contribution >= 0.6 is 38.5 Å². The van der Waals surface area contributed by atoms with Crippen molar-refractivity contribution in [3.8, 4) is 5.88 Å². The first-order chi connectivity index (χ1) is 8.58. The third-order valence-corrected chi connectivity index (χ3v) is 3.68. The zero-order chi connectivity index (χ0) is 13.1. The summed E-state index contributed by atoms with van der Waals surface area (Å²) >= 11 is 5.08. The van der Waals surface area contributed by atoms with Gasteiger partial charge in [0, 0.05) is 20.8 Å². The minimum absolute atomic E-state index is 0.188. The summed E-state index contributed by atoms with van der Waals surface area (Å²) in [5, 5.41) is 12.7. The number of carbonyl (C=O) groups is 1. The van der Waals surface area contributed by atoms with E-state index in [2.05, 4.69) is 43.6 Å². The number of benzene rings is 1. The van der Waals surface area contributed by atoms with Gasteiger partial charge in [0.05, 0.1) is 6.20 Å². The third-order valence-electron chi connectivity index (χ3n) is 2.25. The lowest BCUT2D eigenvalue weighted by Gasteiger charge is -2.09. The van der Waals surface area contributed by atoms with Gasteiger partial charge in [-0.15, -0.1) is 4.85 Å². The van der Waals surface area contributed by atoms with Crippen LogP contribution < -0.4 is 4.74 Å². The molecule has 0 fully saturated rings. The number of aromatic nitrogens is 2. The molecule has 2 aromatic rings. The van der Waals surface area contributed by atoms with Crippen LogP contribution in [0.5, 0.6) is 5.88 Å². The lowest BCUT2D eigenvalue weighted by atomic mass is 10.1. The predicted octanol–water partition coefficient (Wildman–Crippen LogP) is 2.84. The molecule has 0 amide bonds. The Morgan fingerprint density at radius 3 is 2.89 bits per heavy atom. The molecule has 0 saturated heterocycles. The SMILES string of the molecule is O=C(Br)c1cccc(I)c1COc1ccn(O)n1. The van der Waals surface area contributed by atoms with E-state index in [0.717, 1.165) is 9.13 Å². The molecule has 0 saturated carbocycles. The summed E-state index contributed by atoms with van der Waals surface area (Å²) < 4.78 is 6.16. The van der Waals surface area contributed by atoms with Gasteiger partial charge in [0.25, 0.3) is 0 Å². The first-order valence-electron chi connectivity index (χ1n) is 4.93. The Morgan fingerprint density at radius 2 is 2.28 bits per heavy atom. The van der Waals surface area contributed by atoms with Gasteiger partial charge < -0.3 is 9.94 Å². The first kappa shape index (κ1) is 13.3. The quantitative estimate of drug-likeness (QED) is 0.467. The summed E-state index contributed by atoms with van der Waals surface area (Å²) in [6.45, 7) is 0.211. The number of hydrogen-bond acceptors (Lipinski definition) is 4. The van der Waals surface area contributed by atoms with E-state index in [1.54, 1.807) is 6.07 Å². The van der Waals surface area contributed by atoms with Crippen LogP contribution in [0.4, 0.5) is 0 Å². The van der Waals surface area contributed by atoms with Crippen molar-refractivity contribution in [2.75, 3.05) is 0 Å². The Morgan fingerprint density at radius 1 is 1.50 bits per heavy atom. The zero-order valence-corrected chi connectivity index (χ0v) is 12.8. The van der Waals surface area contributed by atoms with Crippen molar-refractivity contribution in [3.63, 3.8) is 0 Å². The summed E-state index contributed by atoms with van der Waals surface area (Å²) in [6.07, 6.45) is 1.36. The van der Waals surface area contributed by atoms with Crippen molar-refractivity contribution in [1.29, 1.82) is 0 Å². The third kappa shape index (κ3) is 3.02. The summed E-state index contributed by atoms with van der Waals surface area (Å²) in [4.78, 5) is 12.1. The largest absolute Gasteiger partial charge is 0.472 e. The molecule has 0 aliphatic heterocycles. The standard InChI is InChI=1S/C11H8BrIN2O3/c12-11(16)7-2-1-3-9(13)8(7)6-18-10-4-5-15(17)14-10/h1-5,17H,6H2. The molecule has 0 spiro atoms. The molecule has 0 aliphatic carbocycles. The van der Waals surface area contributed by atoms with Gasteiger partial charge in [-0.3, -0.25) is 4.79 Å². The number of ether oxygens (including phenoxy) is 1. The molecule has 0 bridgehead atoms. The summed E-state index contributed by atoms with van der Waals surface area (Å²) in [5.41, 5.74) is 1.35. The van der Waals surface area contributed by atoms with Gasteiger partial charge in [-0.1, -0.05) is 17.2 Å². The van der Waals surface area contributed by atoms with E-state index in [9.17, 15) is 4.79 Å². The van der Waals surface area contributed by atoms with Crippen molar-refractivity contribution in [1.82, 2.24) is 9.94 Å². The molecule has 1 aromatic carbocycles. The molecule has 2 rings (SSSR count). The number of halogens is 2. The molecule has 0 radical (unpaired) electrons. The van der Waals surface area contributed by atoms with E-state index in [0.29, 0.717) is 16.3 Å². The highest BCUT2D eigenvalue weighted by Crippen LogP contribution is 2.21. The van der Waals surface area contributed by atoms with Gasteiger partial charge in [-0.2, -0.15) is 0 Å². The van der Waals surface area contributed by atoms with Gasteiger partial charge in [-0.25, -0.2) is 0 Å². The molecule has 7 heteroatoms. The Kier molecular flexibility index (Phi) is 4.23. The van der Waals surface area contributed by atoms with Crippen LogP contribution in [0.1, 0.15) is 15.9 Å². The summed E-state index contributed by atoms with van der Waals surface area (Å²) in [7, 11) is 0. The van der Waals surface area contributed by atoms with Gasteiger partial charge in [0.2, 0.25) is 10.6 Å². The van der Waals surface area contributed by atoms with E-state index in [1.807, 2.05) is 12.1 Å². The fourth-order valence-corrected chi connectivity index (χ4v) is 2.44. The number of nitrogens with zero attached hydrogens (tertiary/aromatic N) is 2. The van der Waals surface area contributed by atoms with Crippen LogP contribution in [0.3, 0.4) is 0 Å². The highest BCUT2D eigenvalue weighted by Gasteiger charge is 2.12. The van der Waals surface area contributed by atoms with Crippen molar-refractivity contribution in [2.45, 2.75) is 6.61 Å². The maximum atomic E-state index is 11.4. The Hall–Kier alpha value is -1.09. The molecule has 0 unspecified atom stereocenters. The van der Waals surface area contributed by atoms with Crippen LogP contribution in [0.25, 0.3) is 0 Å². The highest BCUT2D eigenvalue weighted by molar-refractivity contribution is 14.1. The van der Waals surface area contributed by atoms with Crippen LogP contribution in [0.2, 0.25) is 0 Å². The molecule has 18 heavy (non-hydrogen) atoms. The van der Waals surface area contributed by atoms with E-state index in [4.69, 9.17) is 9.94 Å². The lowest BCUT2D eigenvalue weighted by molar-refractivity contribution is 0.109. The van der Waals surface area contributed by atoms with Crippen molar-refractivity contribution >= 4 is 43.2 Å². The van der Waals surface area contributed by atoms with Crippen LogP contribution in [0.15, 0.2) is 30.5 Å². The van der Waals surface area contributed by atoms with E-state index in [-0.39, 0.29) is 11.3 Å². The molecule has 0 aliphatic rings. The first-order valence-corrected chi connectivity index (χ1v) is 6.80. The van der Waals surface area contributed by atoms with Gasteiger partial charge in [0.1, 0.15) is 6.61 Å². The summed E-state index contributed by atoms with van der Waals surface area (Å²) in [5.74, 6) is 0.296. The van der Waals surface area contributed by atoms with Crippen LogP contribution in [-0.4, -0.2) is 19.8 Å². The maximum absolute atomic E-state index is 11.4. The summed E-state index contributed by atoms with van der Waals surface area (Å²) in [6, 6.07) is 6.96. The molecule has 0 atom stereocenters. The Bertz CT molecular complexity index is 585. The second kappa shape index (κ2) is 5.70. The highest BCUT2D eigenvalue weighted by atomic mass is 127. The molecular weight excluding hydrogens is 415 g/mol. The molecule has 1 heterocycles. The van der Waals surface area contributed by atoms with E-state index in [1.165, 1.54) is 12.3 Å². The average Bonchev–Trinajstić information content (AvgIpc) is 2.73. The Balaban J connectivity index is 2.20. The zero-order valence-electron chi connectivity index (χ0n) is 9.01. The smallest absolute Gasteiger partial charge is 0.236 e. The van der Waals surface area contributed by atoms with Crippen LogP contribution in [-0.2, 0) is 6.61 Å². The lowest BCUT2D eigenvalue weighted by Crippen LogP contribution is -2.05. The van der Waals surface area contributed by atoms with Crippen LogP contribution in [0, 0.1) is 3.57 Å². The van der Waals surface area contributed by atoms with Crippen molar-refractivity contribution in [3.05, 3.63) is 45.2 Å². The monoisotopic (exact) mass is 422 g/mol. The second-order valence-electron chi connectivity index (χ2n) is 3.40. The molecule has 94 valence electrons. The minimum atomic E-state index is -0.188. The van der Waals surface area contributed by atoms with Crippen molar-refractivity contribution in [2.24, 2.45) is 0 Å². The molecular formula is C11H8BrIN2O3.